The molecule has 116 valence electrons. The van der Waals surface area contributed by atoms with Crippen molar-refractivity contribution < 1.29 is 23.4 Å². The molecule has 1 saturated heterocycles. The van der Waals surface area contributed by atoms with Crippen molar-refractivity contribution in [1.29, 1.82) is 0 Å². The van der Waals surface area contributed by atoms with Crippen LogP contribution in [0.15, 0.2) is 12.1 Å². The van der Waals surface area contributed by atoms with Crippen LogP contribution in [0.1, 0.15) is 12.8 Å². The summed E-state index contributed by atoms with van der Waals surface area (Å²) in [6.07, 6.45) is 0.803. The highest BCUT2D eigenvalue weighted by atomic mass is 35.5. The molecule has 8 heteroatoms. The van der Waals surface area contributed by atoms with Gasteiger partial charge in [-0.15, -0.1) is 0 Å². The van der Waals surface area contributed by atoms with Crippen LogP contribution in [0.3, 0.4) is 0 Å². The first kappa shape index (κ1) is 15.9. The Morgan fingerprint density at radius 1 is 1.38 bits per heavy atom. The quantitative estimate of drug-likeness (QED) is 0.800. The van der Waals surface area contributed by atoms with E-state index in [1.54, 1.807) is 0 Å². The highest BCUT2D eigenvalue weighted by Gasteiger charge is 2.30. The van der Waals surface area contributed by atoms with Gasteiger partial charge < -0.3 is 20.5 Å². The van der Waals surface area contributed by atoms with E-state index >= 15 is 0 Å². The van der Waals surface area contributed by atoms with Gasteiger partial charge in [0.15, 0.2) is 5.82 Å². The topological polar surface area (TPSA) is 70.6 Å². The van der Waals surface area contributed by atoms with Crippen LogP contribution in [0.25, 0.3) is 0 Å². The van der Waals surface area contributed by atoms with Gasteiger partial charge in [0, 0.05) is 38.7 Å². The molecule has 2 rings (SSSR count). The smallest absolute Gasteiger partial charge is 0.319 e. The average Bonchev–Trinajstić information content (AvgIpc) is 2.41. The standard InChI is InChI=1S/C13H15ClF2N2O3/c14-9-5-8(15)6-10(16)11(9)18-12(19)17-7-13(20)1-3-21-4-2-13/h5-6,20H,1-4,7H2,(H2,17,18,19). The van der Waals surface area contributed by atoms with Gasteiger partial charge in [-0.1, -0.05) is 11.6 Å². The molecule has 0 saturated carbocycles. The minimum absolute atomic E-state index is 0.00261. The molecule has 0 bridgehead atoms. The van der Waals surface area contributed by atoms with E-state index in [0.29, 0.717) is 32.1 Å². The number of hydrogen-bond acceptors (Lipinski definition) is 3. The summed E-state index contributed by atoms with van der Waals surface area (Å²) in [5.74, 6) is -1.81. The van der Waals surface area contributed by atoms with Crippen LogP contribution >= 0.6 is 11.6 Å². The first-order valence-corrected chi connectivity index (χ1v) is 6.77. The second kappa shape index (κ2) is 6.55. The maximum atomic E-state index is 13.5. The van der Waals surface area contributed by atoms with Gasteiger partial charge in [-0.2, -0.15) is 0 Å². The van der Waals surface area contributed by atoms with Crippen LogP contribution in [-0.2, 0) is 4.74 Å². The molecule has 0 radical (unpaired) electrons. The van der Waals surface area contributed by atoms with E-state index in [1.807, 2.05) is 0 Å². The summed E-state index contributed by atoms with van der Waals surface area (Å²) in [4.78, 5) is 11.7. The number of aliphatic hydroxyl groups is 1. The lowest BCUT2D eigenvalue weighted by atomic mass is 9.94. The van der Waals surface area contributed by atoms with Crippen molar-refractivity contribution in [3.05, 3.63) is 28.8 Å². The van der Waals surface area contributed by atoms with Crippen molar-refractivity contribution in [3.8, 4) is 0 Å². The van der Waals surface area contributed by atoms with E-state index in [2.05, 4.69) is 10.6 Å². The second-order valence-electron chi connectivity index (χ2n) is 4.89. The van der Waals surface area contributed by atoms with Crippen LogP contribution in [-0.4, -0.2) is 36.5 Å². The Hall–Kier alpha value is -1.44. The maximum Gasteiger partial charge on any atom is 0.319 e. The Kier molecular flexibility index (Phi) is 4.97. The molecule has 1 fully saturated rings. The predicted molar refractivity (Wildman–Crippen MR) is 73.4 cm³/mol. The lowest BCUT2D eigenvalue weighted by Crippen LogP contribution is -2.47. The number of carbonyl (C=O) groups excluding carboxylic acids is 1. The SMILES string of the molecule is O=C(NCC1(O)CCOCC1)Nc1c(F)cc(F)cc1Cl. The lowest BCUT2D eigenvalue weighted by molar-refractivity contribution is -0.0598. The minimum atomic E-state index is -1.04. The van der Waals surface area contributed by atoms with Gasteiger partial charge >= 0.3 is 6.03 Å². The number of carbonyl (C=O) groups is 1. The van der Waals surface area contributed by atoms with Gasteiger partial charge in [0.1, 0.15) is 5.82 Å². The van der Waals surface area contributed by atoms with E-state index in [0.717, 1.165) is 6.07 Å². The van der Waals surface area contributed by atoms with Crippen molar-refractivity contribution in [3.63, 3.8) is 0 Å². The number of amides is 2. The molecule has 0 aliphatic carbocycles. The van der Waals surface area contributed by atoms with Crippen LogP contribution in [0.5, 0.6) is 0 Å². The Balaban J connectivity index is 1.93. The number of anilines is 1. The van der Waals surface area contributed by atoms with Crippen molar-refractivity contribution in [2.24, 2.45) is 0 Å². The highest BCUT2D eigenvalue weighted by molar-refractivity contribution is 6.33. The van der Waals surface area contributed by atoms with Crippen LogP contribution in [0, 0.1) is 11.6 Å². The summed E-state index contributed by atoms with van der Waals surface area (Å²) >= 11 is 5.67. The molecule has 1 aliphatic heterocycles. The van der Waals surface area contributed by atoms with Gasteiger partial charge in [0.2, 0.25) is 0 Å². The van der Waals surface area contributed by atoms with Crippen LogP contribution < -0.4 is 10.6 Å². The summed E-state index contributed by atoms with van der Waals surface area (Å²) in [7, 11) is 0. The molecule has 1 aliphatic rings. The minimum Gasteiger partial charge on any atom is -0.388 e. The van der Waals surface area contributed by atoms with Gasteiger partial charge in [0.05, 0.1) is 16.3 Å². The molecule has 21 heavy (non-hydrogen) atoms. The lowest BCUT2D eigenvalue weighted by Gasteiger charge is -2.32. The fraction of sp³-hybridized carbons (Fsp3) is 0.462. The fourth-order valence-electron chi connectivity index (χ4n) is 1.99. The van der Waals surface area contributed by atoms with Crippen molar-refractivity contribution >= 4 is 23.3 Å². The molecule has 0 spiro atoms. The number of hydrogen-bond donors (Lipinski definition) is 3. The Morgan fingerprint density at radius 2 is 2.05 bits per heavy atom. The van der Waals surface area contributed by atoms with Crippen molar-refractivity contribution in [2.45, 2.75) is 18.4 Å². The van der Waals surface area contributed by atoms with E-state index in [9.17, 15) is 18.7 Å². The fourth-order valence-corrected chi connectivity index (χ4v) is 2.23. The van der Waals surface area contributed by atoms with Gasteiger partial charge in [-0.05, 0) is 6.07 Å². The molecule has 1 aromatic carbocycles. The number of nitrogens with one attached hydrogen (secondary N) is 2. The van der Waals surface area contributed by atoms with E-state index < -0.39 is 23.3 Å². The molecule has 0 atom stereocenters. The predicted octanol–water partition coefficient (Wildman–Crippen LogP) is 2.28. The highest BCUT2D eigenvalue weighted by Crippen LogP contribution is 2.26. The summed E-state index contributed by atoms with van der Waals surface area (Å²) < 4.78 is 31.5. The third-order valence-corrected chi connectivity index (χ3v) is 3.55. The van der Waals surface area contributed by atoms with Gasteiger partial charge in [-0.25, -0.2) is 13.6 Å². The molecular weight excluding hydrogens is 306 g/mol. The maximum absolute atomic E-state index is 13.5. The number of benzene rings is 1. The Labute approximate surface area is 125 Å². The Morgan fingerprint density at radius 3 is 2.67 bits per heavy atom. The largest absolute Gasteiger partial charge is 0.388 e. The normalized spacial score (nSPS) is 17.3. The summed E-state index contributed by atoms with van der Waals surface area (Å²) in [6.45, 7) is 0.832. The molecule has 3 N–H and O–H groups in total. The molecule has 2 amide bonds. The van der Waals surface area contributed by atoms with E-state index in [4.69, 9.17) is 16.3 Å². The molecule has 1 heterocycles. The second-order valence-corrected chi connectivity index (χ2v) is 5.30. The molecule has 1 aromatic rings. The molecular formula is C13H15ClF2N2O3. The van der Waals surface area contributed by atoms with Crippen molar-refractivity contribution in [1.82, 2.24) is 5.32 Å². The third-order valence-electron chi connectivity index (χ3n) is 3.25. The summed E-state index contributed by atoms with van der Waals surface area (Å²) in [5.41, 5.74) is -1.35. The number of rotatable bonds is 3. The summed E-state index contributed by atoms with van der Waals surface area (Å²) in [6, 6.07) is 0.780. The third kappa shape index (κ3) is 4.26. The first-order chi connectivity index (χ1) is 9.89. The number of halogens is 3. The molecule has 5 nitrogen and oxygen atoms in total. The van der Waals surface area contributed by atoms with Crippen LogP contribution in [0.2, 0.25) is 5.02 Å². The number of urea groups is 1. The summed E-state index contributed by atoms with van der Waals surface area (Å²) in [5, 5.41) is 14.5. The molecule has 0 aromatic heterocycles. The van der Waals surface area contributed by atoms with E-state index in [-0.39, 0.29) is 17.3 Å². The van der Waals surface area contributed by atoms with Gasteiger partial charge in [0.25, 0.3) is 0 Å². The monoisotopic (exact) mass is 320 g/mol. The van der Waals surface area contributed by atoms with Gasteiger partial charge in [-0.3, -0.25) is 0 Å². The Bertz CT molecular complexity index is 513. The zero-order valence-corrected chi connectivity index (χ0v) is 11.8. The zero-order chi connectivity index (χ0) is 15.5. The van der Waals surface area contributed by atoms with Crippen LogP contribution in [0.4, 0.5) is 19.3 Å². The first-order valence-electron chi connectivity index (χ1n) is 6.39. The van der Waals surface area contributed by atoms with E-state index in [1.165, 1.54) is 0 Å². The zero-order valence-electron chi connectivity index (χ0n) is 11.1. The van der Waals surface area contributed by atoms with Crippen molar-refractivity contribution in [2.75, 3.05) is 25.1 Å². The number of ether oxygens (including phenoxy) is 1. The average molecular weight is 321 g/mol. The molecule has 0 unspecified atom stereocenters.